The average Bonchev–Trinajstić information content (AvgIpc) is 2.69. The quantitative estimate of drug-likeness (QED) is 0.768. The molecule has 0 spiro atoms. The Morgan fingerprint density at radius 3 is 2.30 bits per heavy atom. The lowest BCUT2D eigenvalue weighted by Gasteiger charge is -2.48. The standard InChI is InChI=1S/C20H28O3/c1-12(2)14-10-17(23)20(4)8-7-19(3)15(18(14)20)6-5-13(11-21)9-16(19)22/h5-6,11-12,16-17,22-23H,7-10H2,1-4H3/t16-,17+,19+,20-/m0/s1. The van der Waals surface area contributed by atoms with E-state index in [4.69, 9.17) is 0 Å². The number of aliphatic hydroxyl groups is 2. The van der Waals surface area contributed by atoms with Crippen LogP contribution in [-0.4, -0.2) is 28.7 Å². The number of allylic oxidation sites excluding steroid dienone is 2. The van der Waals surface area contributed by atoms with Crippen molar-refractivity contribution in [3.05, 3.63) is 34.4 Å². The van der Waals surface area contributed by atoms with Crippen LogP contribution in [0.4, 0.5) is 0 Å². The topological polar surface area (TPSA) is 57.5 Å². The minimum absolute atomic E-state index is 0.232. The van der Waals surface area contributed by atoms with Gasteiger partial charge in [-0.05, 0) is 41.9 Å². The van der Waals surface area contributed by atoms with E-state index in [0.717, 1.165) is 31.1 Å². The van der Waals surface area contributed by atoms with Crippen LogP contribution in [0, 0.1) is 16.7 Å². The van der Waals surface area contributed by atoms with Crippen LogP contribution >= 0.6 is 0 Å². The van der Waals surface area contributed by atoms with Crippen LogP contribution in [-0.2, 0) is 4.79 Å². The highest BCUT2D eigenvalue weighted by Gasteiger charge is 2.54. The Hall–Kier alpha value is -1.19. The lowest BCUT2D eigenvalue weighted by Crippen LogP contribution is -2.44. The van der Waals surface area contributed by atoms with Crippen molar-refractivity contribution in [2.24, 2.45) is 16.7 Å². The van der Waals surface area contributed by atoms with Gasteiger partial charge >= 0.3 is 0 Å². The Kier molecular flexibility index (Phi) is 3.93. The first-order valence-corrected chi connectivity index (χ1v) is 8.70. The monoisotopic (exact) mass is 316 g/mol. The van der Waals surface area contributed by atoms with Crippen molar-refractivity contribution in [1.82, 2.24) is 0 Å². The van der Waals surface area contributed by atoms with Crippen LogP contribution in [0.25, 0.3) is 0 Å². The van der Waals surface area contributed by atoms with E-state index in [9.17, 15) is 15.0 Å². The molecule has 3 heteroatoms. The van der Waals surface area contributed by atoms with Crippen molar-refractivity contribution in [1.29, 1.82) is 0 Å². The maximum Gasteiger partial charge on any atom is 0.146 e. The first-order chi connectivity index (χ1) is 10.7. The number of hydrogen-bond donors (Lipinski definition) is 2. The van der Waals surface area contributed by atoms with Crippen LogP contribution < -0.4 is 0 Å². The number of fused-ring (bicyclic) bond motifs is 3. The normalized spacial score (nSPS) is 40.3. The molecule has 0 bridgehead atoms. The van der Waals surface area contributed by atoms with Gasteiger partial charge in [-0.3, -0.25) is 4.79 Å². The molecule has 3 rings (SSSR count). The summed E-state index contributed by atoms with van der Waals surface area (Å²) in [7, 11) is 0. The minimum Gasteiger partial charge on any atom is -0.392 e. The maximum atomic E-state index is 11.2. The van der Waals surface area contributed by atoms with Crippen molar-refractivity contribution in [2.45, 2.75) is 65.6 Å². The summed E-state index contributed by atoms with van der Waals surface area (Å²) in [6.07, 6.45) is 6.67. The molecule has 3 aliphatic rings. The molecule has 0 unspecified atom stereocenters. The molecule has 23 heavy (non-hydrogen) atoms. The van der Waals surface area contributed by atoms with Crippen molar-refractivity contribution < 1.29 is 15.0 Å². The Bertz CT molecular complexity index is 625. The molecule has 2 N–H and O–H groups in total. The van der Waals surface area contributed by atoms with E-state index in [1.165, 1.54) is 11.1 Å². The van der Waals surface area contributed by atoms with Gasteiger partial charge in [0.2, 0.25) is 0 Å². The van der Waals surface area contributed by atoms with Gasteiger partial charge in [0.1, 0.15) is 6.29 Å². The molecule has 0 aromatic rings. The fraction of sp³-hybridized carbons (Fsp3) is 0.650. The molecule has 0 saturated heterocycles. The second-order valence-electron chi connectivity index (χ2n) is 8.27. The lowest BCUT2D eigenvalue weighted by molar-refractivity contribution is -0.105. The van der Waals surface area contributed by atoms with Gasteiger partial charge in [0.05, 0.1) is 12.2 Å². The number of aliphatic hydroxyl groups excluding tert-OH is 2. The first kappa shape index (κ1) is 16.7. The fourth-order valence-electron chi connectivity index (χ4n) is 4.72. The van der Waals surface area contributed by atoms with Gasteiger partial charge in [-0.1, -0.05) is 45.4 Å². The molecule has 0 aliphatic heterocycles. The Morgan fingerprint density at radius 2 is 1.70 bits per heavy atom. The van der Waals surface area contributed by atoms with Gasteiger partial charge in [-0.15, -0.1) is 0 Å². The van der Waals surface area contributed by atoms with E-state index in [1.54, 1.807) is 0 Å². The third-order valence-electron chi connectivity index (χ3n) is 6.57. The van der Waals surface area contributed by atoms with Crippen LogP contribution in [0.3, 0.4) is 0 Å². The van der Waals surface area contributed by atoms with Crippen molar-refractivity contribution >= 4 is 6.29 Å². The summed E-state index contributed by atoms with van der Waals surface area (Å²) < 4.78 is 0. The predicted octanol–water partition coefficient (Wildman–Crippen LogP) is 3.33. The summed E-state index contributed by atoms with van der Waals surface area (Å²) in [4.78, 5) is 11.2. The summed E-state index contributed by atoms with van der Waals surface area (Å²) in [5.74, 6) is 0.375. The highest BCUT2D eigenvalue weighted by molar-refractivity contribution is 5.74. The smallest absolute Gasteiger partial charge is 0.146 e. The van der Waals surface area contributed by atoms with Crippen LogP contribution in [0.2, 0.25) is 0 Å². The largest absolute Gasteiger partial charge is 0.392 e. The summed E-state index contributed by atoms with van der Waals surface area (Å²) in [5, 5.41) is 21.5. The van der Waals surface area contributed by atoms with Crippen LogP contribution in [0.1, 0.15) is 53.4 Å². The zero-order valence-electron chi connectivity index (χ0n) is 14.6. The molecule has 0 heterocycles. The zero-order chi connectivity index (χ0) is 17.0. The third kappa shape index (κ3) is 2.28. The van der Waals surface area contributed by atoms with Gasteiger partial charge in [-0.25, -0.2) is 0 Å². The number of carbonyl (C=O) groups excluding carboxylic acids is 1. The maximum absolute atomic E-state index is 11.2. The van der Waals surface area contributed by atoms with Crippen molar-refractivity contribution in [2.75, 3.05) is 0 Å². The van der Waals surface area contributed by atoms with Crippen molar-refractivity contribution in [3.63, 3.8) is 0 Å². The minimum atomic E-state index is -0.559. The Labute approximate surface area is 138 Å². The number of rotatable bonds is 2. The molecule has 0 aromatic carbocycles. The Morgan fingerprint density at radius 1 is 1.09 bits per heavy atom. The molecule has 3 nitrogen and oxygen atoms in total. The Balaban J connectivity index is 2.22. The van der Waals surface area contributed by atoms with Gasteiger partial charge in [0, 0.05) is 17.3 Å². The fourth-order valence-corrected chi connectivity index (χ4v) is 4.72. The molecule has 126 valence electrons. The average molecular weight is 316 g/mol. The second kappa shape index (κ2) is 5.42. The third-order valence-corrected chi connectivity index (χ3v) is 6.57. The van der Waals surface area contributed by atoms with E-state index >= 15 is 0 Å². The van der Waals surface area contributed by atoms with E-state index in [-0.39, 0.29) is 16.9 Å². The van der Waals surface area contributed by atoms with Gasteiger partial charge in [0.15, 0.2) is 0 Å². The molecule has 3 aliphatic carbocycles. The molecule has 0 amide bonds. The van der Waals surface area contributed by atoms with E-state index in [1.807, 2.05) is 12.2 Å². The van der Waals surface area contributed by atoms with Crippen molar-refractivity contribution in [3.8, 4) is 0 Å². The summed E-state index contributed by atoms with van der Waals surface area (Å²) in [6.45, 7) is 8.62. The zero-order valence-corrected chi connectivity index (χ0v) is 14.6. The van der Waals surface area contributed by atoms with Crippen LogP contribution in [0.15, 0.2) is 34.4 Å². The molecule has 1 fully saturated rings. The first-order valence-electron chi connectivity index (χ1n) is 8.70. The number of hydrogen-bond acceptors (Lipinski definition) is 3. The molecule has 0 radical (unpaired) electrons. The van der Waals surface area contributed by atoms with E-state index in [0.29, 0.717) is 17.9 Å². The molecule has 4 atom stereocenters. The van der Waals surface area contributed by atoms with Gasteiger partial charge in [0.25, 0.3) is 0 Å². The van der Waals surface area contributed by atoms with E-state index in [2.05, 4.69) is 27.7 Å². The van der Waals surface area contributed by atoms with Crippen LogP contribution in [0.5, 0.6) is 0 Å². The summed E-state index contributed by atoms with van der Waals surface area (Å²) in [5.41, 5.74) is 3.76. The second-order valence-corrected chi connectivity index (χ2v) is 8.27. The molecule has 0 aromatic heterocycles. The SMILES string of the molecule is CC(C)C1=C2C3=CC=C(C=O)C[C@H](O)[C@]3(C)CC[C@@]2(C)[C@H](O)C1. The number of carbonyl (C=O) groups is 1. The highest BCUT2D eigenvalue weighted by Crippen LogP contribution is 2.61. The molecular weight excluding hydrogens is 288 g/mol. The van der Waals surface area contributed by atoms with E-state index < -0.39 is 6.10 Å². The number of aldehydes is 1. The lowest BCUT2D eigenvalue weighted by atomic mass is 9.57. The highest BCUT2D eigenvalue weighted by atomic mass is 16.3. The molecule has 1 saturated carbocycles. The van der Waals surface area contributed by atoms with Gasteiger partial charge in [-0.2, -0.15) is 0 Å². The van der Waals surface area contributed by atoms with Gasteiger partial charge < -0.3 is 10.2 Å². The summed E-state index contributed by atoms with van der Waals surface area (Å²) >= 11 is 0. The predicted molar refractivity (Wildman–Crippen MR) is 90.8 cm³/mol. The summed E-state index contributed by atoms with van der Waals surface area (Å²) in [6, 6.07) is 0. The molecular formula is C20H28O3.